The normalized spacial score (nSPS) is 11.8. The monoisotopic (exact) mass is 444 g/mol. The Morgan fingerprint density at radius 1 is 0.938 bits per heavy atom. The van der Waals surface area contributed by atoms with Crippen molar-refractivity contribution in [2.24, 2.45) is 0 Å². The molecule has 4 aromatic rings. The number of para-hydroxylation sites is 1. The van der Waals surface area contributed by atoms with Crippen molar-refractivity contribution in [1.29, 1.82) is 0 Å². The van der Waals surface area contributed by atoms with E-state index in [4.69, 9.17) is 11.6 Å². The molecule has 0 aliphatic heterocycles. The highest BCUT2D eigenvalue weighted by atomic mass is 35.5. The van der Waals surface area contributed by atoms with Crippen LogP contribution in [0.15, 0.2) is 91.0 Å². The lowest BCUT2D eigenvalue weighted by Crippen LogP contribution is -2.33. The van der Waals surface area contributed by atoms with Gasteiger partial charge in [-0.3, -0.25) is 10.1 Å². The van der Waals surface area contributed by atoms with Crippen LogP contribution in [0.5, 0.6) is 0 Å². The molecule has 162 valence electrons. The van der Waals surface area contributed by atoms with Gasteiger partial charge in [0, 0.05) is 17.8 Å². The fraction of sp³-hybridized carbons (Fsp3) is 0.154. The van der Waals surface area contributed by atoms with Gasteiger partial charge in [-0.2, -0.15) is 5.10 Å². The van der Waals surface area contributed by atoms with Gasteiger partial charge in [-0.25, -0.2) is 4.68 Å². The van der Waals surface area contributed by atoms with Gasteiger partial charge < -0.3 is 5.32 Å². The highest BCUT2D eigenvalue weighted by Gasteiger charge is 2.22. The van der Waals surface area contributed by atoms with E-state index in [0.29, 0.717) is 18.2 Å². The van der Waals surface area contributed by atoms with Crippen molar-refractivity contribution in [3.05, 3.63) is 119 Å². The number of nitrogens with zero attached hydrogens (tertiary/aromatic N) is 2. The summed E-state index contributed by atoms with van der Waals surface area (Å²) < 4.78 is 1.80. The lowest BCUT2D eigenvalue weighted by atomic mass is 10.1. The third-order valence-corrected chi connectivity index (χ3v) is 5.70. The number of anilines is 1. The lowest BCUT2D eigenvalue weighted by Gasteiger charge is -2.19. The van der Waals surface area contributed by atoms with Gasteiger partial charge in [0.1, 0.15) is 11.2 Å². The molecule has 6 heteroatoms. The highest BCUT2D eigenvalue weighted by Crippen LogP contribution is 2.23. The minimum Gasteiger partial charge on any atom is -0.324 e. The maximum atomic E-state index is 13.1. The third-order valence-electron chi connectivity index (χ3n) is 5.28. The van der Waals surface area contributed by atoms with Crippen molar-refractivity contribution in [2.75, 3.05) is 5.32 Å². The molecule has 4 rings (SSSR count). The molecule has 1 aromatic heterocycles. The van der Waals surface area contributed by atoms with Gasteiger partial charge in [-0.15, -0.1) is 0 Å². The van der Waals surface area contributed by atoms with Crippen LogP contribution in [0.3, 0.4) is 0 Å². The van der Waals surface area contributed by atoms with Crippen LogP contribution in [-0.2, 0) is 17.9 Å². The lowest BCUT2D eigenvalue weighted by molar-refractivity contribution is -0.118. The Kier molecular flexibility index (Phi) is 7.00. The summed E-state index contributed by atoms with van der Waals surface area (Å²) in [5.74, 6) is -0.132. The summed E-state index contributed by atoms with van der Waals surface area (Å²) in [6.45, 7) is 2.95. The number of halogens is 1. The summed E-state index contributed by atoms with van der Waals surface area (Å²) in [4.78, 5) is 13.1. The summed E-state index contributed by atoms with van der Waals surface area (Å²) in [7, 11) is 0. The summed E-state index contributed by atoms with van der Waals surface area (Å²) in [5.41, 5.74) is 4.49. The van der Waals surface area contributed by atoms with Crippen molar-refractivity contribution in [3.8, 4) is 0 Å². The average molecular weight is 445 g/mol. The van der Waals surface area contributed by atoms with Crippen LogP contribution >= 0.6 is 11.6 Å². The smallest absolute Gasteiger partial charge is 0.246 e. The molecule has 32 heavy (non-hydrogen) atoms. The second kappa shape index (κ2) is 10.3. The number of hydrogen-bond donors (Lipinski definition) is 2. The topological polar surface area (TPSA) is 59.0 Å². The second-order valence-corrected chi connectivity index (χ2v) is 7.94. The fourth-order valence-electron chi connectivity index (χ4n) is 3.60. The minimum atomic E-state index is -0.538. The first-order valence-corrected chi connectivity index (χ1v) is 10.9. The van der Waals surface area contributed by atoms with Crippen molar-refractivity contribution >= 4 is 23.2 Å². The molecule has 0 aliphatic rings. The van der Waals surface area contributed by atoms with E-state index in [2.05, 4.69) is 15.7 Å². The number of aryl methyl sites for hydroxylation is 1. The summed E-state index contributed by atoms with van der Waals surface area (Å²) in [6, 6.07) is 28.6. The maximum absolute atomic E-state index is 13.1. The molecule has 0 fully saturated rings. The zero-order chi connectivity index (χ0) is 22.3. The van der Waals surface area contributed by atoms with E-state index in [0.717, 1.165) is 28.1 Å². The number of rotatable bonds is 8. The first-order chi connectivity index (χ1) is 15.6. The molecule has 0 saturated carbocycles. The Balaban J connectivity index is 1.52. The summed E-state index contributed by atoms with van der Waals surface area (Å²) in [6.07, 6.45) is 0. The summed E-state index contributed by atoms with van der Waals surface area (Å²) in [5, 5.41) is 11.6. The van der Waals surface area contributed by atoms with Gasteiger partial charge in [-0.1, -0.05) is 90.5 Å². The molecule has 0 spiro atoms. The average Bonchev–Trinajstić information content (AvgIpc) is 3.08. The zero-order valence-corrected chi connectivity index (χ0v) is 18.6. The Morgan fingerprint density at radius 3 is 2.19 bits per heavy atom. The molecule has 0 aliphatic carbocycles. The van der Waals surface area contributed by atoms with E-state index in [9.17, 15) is 4.79 Å². The number of benzene rings is 3. The molecule has 0 saturated heterocycles. The molecule has 5 nitrogen and oxygen atoms in total. The molecule has 1 atom stereocenters. The number of aromatic nitrogens is 2. The van der Waals surface area contributed by atoms with Gasteiger partial charge in [-0.05, 0) is 30.2 Å². The van der Waals surface area contributed by atoms with Gasteiger partial charge in [0.15, 0.2) is 0 Å². The quantitative estimate of drug-likeness (QED) is 0.384. The van der Waals surface area contributed by atoms with Crippen LogP contribution in [0, 0.1) is 6.92 Å². The molecule has 3 aromatic carbocycles. The van der Waals surface area contributed by atoms with E-state index < -0.39 is 6.04 Å². The predicted molar refractivity (Wildman–Crippen MR) is 129 cm³/mol. The van der Waals surface area contributed by atoms with Crippen LogP contribution in [-0.4, -0.2) is 15.7 Å². The van der Waals surface area contributed by atoms with Crippen molar-refractivity contribution < 1.29 is 4.79 Å². The van der Waals surface area contributed by atoms with E-state index in [1.165, 1.54) is 0 Å². The molecule has 2 N–H and O–H groups in total. The van der Waals surface area contributed by atoms with E-state index >= 15 is 0 Å². The van der Waals surface area contributed by atoms with Gasteiger partial charge >= 0.3 is 0 Å². The first kappa shape index (κ1) is 21.8. The van der Waals surface area contributed by atoms with Gasteiger partial charge in [0.2, 0.25) is 5.91 Å². The van der Waals surface area contributed by atoms with Crippen molar-refractivity contribution in [2.45, 2.75) is 26.1 Å². The molecular formula is C26H25ClN4O. The largest absolute Gasteiger partial charge is 0.324 e. The highest BCUT2D eigenvalue weighted by molar-refractivity contribution is 6.30. The number of carbonyl (C=O) groups excluding carboxylic acids is 1. The van der Waals surface area contributed by atoms with E-state index in [1.54, 1.807) is 4.68 Å². The van der Waals surface area contributed by atoms with Crippen molar-refractivity contribution in [3.63, 3.8) is 0 Å². The number of carbonyl (C=O) groups is 1. The first-order valence-electron chi connectivity index (χ1n) is 10.5. The van der Waals surface area contributed by atoms with Crippen LogP contribution in [0.25, 0.3) is 0 Å². The van der Waals surface area contributed by atoms with E-state index in [1.807, 2.05) is 97.9 Å². The standard InChI is InChI=1S/C26H25ClN4O/c1-19-23(25(27)31(30-19)18-20-11-5-2-6-12-20)17-28-24(21-13-7-3-8-14-21)26(32)29-22-15-9-4-10-16-22/h2-16,24,28H,17-18H2,1H3,(H,29,32). The fourth-order valence-corrected chi connectivity index (χ4v) is 3.90. The predicted octanol–water partition coefficient (Wildman–Crippen LogP) is 5.36. The number of nitrogens with one attached hydrogen (secondary N) is 2. The van der Waals surface area contributed by atoms with Crippen molar-refractivity contribution in [1.82, 2.24) is 15.1 Å². The van der Waals surface area contributed by atoms with Crippen LogP contribution in [0.1, 0.15) is 28.4 Å². The molecule has 1 unspecified atom stereocenters. The van der Waals surface area contributed by atoms with E-state index in [-0.39, 0.29) is 5.91 Å². The van der Waals surface area contributed by atoms with Crippen LogP contribution in [0.2, 0.25) is 5.15 Å². The Bertz CT molecular complexity index is 1160. The van der Waals surface area contributed by atoms with Gasteiger partial charge in [0.25, 0.3) is 0 Å². The maximum Gasteiger partial charge on any atom is 0.246 e. The SMILES string of the molecule is Cc1nn(Cc2ccccc2)c(Cl)c1CNC(C(=O)Nc1ccccc1)c1ccccc1. The summed E-state index contributed by atoms with van der Waals surface area (Å²) >= 11 is 6.68. The Labute approximate surface area is 193 Å². The molecule has 1 amide bonds. The molecule has 0 bridgehead atoms. The molecular weight excluding hydrogens is 420 g/mol. The Morgan fingerprint density at radius 2 is 1.53 bits per heavy atom. The number of hydrogen-bond acceptors (Lipinski definition) is 3. The second-order valence-electron chi connectivity index (χ2n) is 7.58. The van der Waals surface area contributed by atoms with Gasteiger partial charge in [0.05, 0.1) is 12.2 Å². The zero-order valence-electron chi connectivity index (χ0n) is 17.8. The molecule has 0 radical (unpaired) electrons. The third kappa shape index (κ3) is 5.25. The minimum absolute atomic E-state index is 0.132. The van der Waals surface area contributed by atoms with Crippen LogP contribution < -0.4 is 10.6 Å². The van der Waals surface area contributed by atoms with Crippen LogP contribution in [0.4, 0.5) is 5.69 Å². The number of amides is 1. The Hall–Kier alpha value is -3.41. The molecule has 1 heterocycles.